The number of nitrogens with two attached hydrogens (primary N) is 1. The average molecular weight is 309 g/mol. The first-order valence-corrected chi connectivity index (χ1v) is 7.04. The molecule has 0 aromatic heterocycles. The summed E-state index contributed by atoms with van der Waals surface area (Å²) in [5, 5.41) is 50.8. The van der Waals surface area contributed by atoms with E-state index in [9.17, 15) is 30.3 Å². The number of ether oxygens (including phenoxy) is 1. The van der Waals surface area contributed by atoms with Crippen LogP contribution in [0.1, 0.15) is 19.3 Å². The van der Waals surface area contributed by atoms with E-state index in [4.69, 9.17) is 4.74 Å². The number of carboxylic acids is 1. The van der Waals surface area contributed by atoms with Crippen LogP contribution in [0.25, 0.3) is 0 Å². The fourth-order valence-corrected chi connectivity index (χ4v) is 2.18. The summed E-state index contributed by atoms with van der Waals surface area (Å²) in [4.78, 5) is 10.5. The van der Waals surface area contributed by atoms with Crippen LogP contribution in [-0.2, 0) is 9.53 Å². The molecule has 0 unspecified atom stereocenters. The standard InChI is InChI=1S/C12H24N2O7/c13-7(11(18)19)3-1-2-4-14-6-12(20)10(17)9(16)8(15)5-21-12/h7-10,14-17,20H,1-6,13H2,(H,18,19)/p+1/t7-,8+,9+,10-,12+/m0/s1. The Morgan fingerprint density at radius 1 is 1.43 bits per heavy atom. The van der Waals surface area contributed by atoms with Crippen LogP contribution in [0.5, 0.6) is 0 Å². The molecule has 0 aromatic rings. The van der Waals surface area contributed by atoms with Crippen LogP contribution in [0.2, 0.25) is 0 Å². The highest BCUT2D eigenvalue weighted by molar-refractivity contribution is 5.68. The smallest absolute Gasteiger partial charge is 0.245 e. The monoisotopic (exact) mass is 309 g/mol. The maximum Gasteiger partial charge on any atom is 0.245 e. The topological polar surface area (TPSA) is 175 Å². The lowest BCUT2D eigenvalue weighted by Crippen LogP contribution is -2.90. The number of aliphatic hydroxyl groups excluding tert-OH is 3. The van der Waals surface area contributed by atoms with Crippen molar-refractivity contribution in [3.05, 3.63) is 0 Å². The second-order valence-corrected chi connectivity index (χ2v) is 5.45. The number of aliphatic hydroxyl groups is 4. The lowest BCUT2D eigenvalue weighted by molar-refractivity contribution is -0.681. The van der Waals surface area contributed by atoms with E-state index in [1.807, 2.05) is 0 Å². The van der Waals surface area contributed by atoms with E-state index in [1.54, 1.807) is 5.32 Å². The molecule has 21 heavy (non-hydrogen) atoms. The van der Waals surface area contributed by atoms with E-state index in [0.717, 1.165) is 0 Å². The molecule has 9 nitrogen and oxygen atoms in total. The fourth-order valence-electron chi connectivity index (χ4n) is 2.18. The molecule has 0 amide bonds. The number of unbranched alkanes of at least 4 members (excludes halogenated alkanes) is 1. The number of quaternary nitrogens is 2. The molecule has 9 N–H and O–H groups in total. The molecule has 124 valence electrons. The Labute approximate surface area is 122 Å². The van der Waals surface area contributed by atoms with E-state index in [2.05, 4.69) is 5.73 Å². The number of hydrogen-bond donors (Lipinski definition) is 6. The van der Waals surface area contributed by atoms with Gasteiger partial charge in [-0.2, -0.15) is 0 Å². The molecule has 0 radical (unpaired) electrons. The van der Waals surface area contributed by atoms with Crippen molar-refractivity contribution in [3.8, 4) is 0 Å². The van der Waals surface area contributed by atoms with Gasteiger partial charge in [0.1, 0.15) is 30.9 Å². The van der Waals surface area contributed by atoms with Gasteiger partial charge in [0.05, 0.1) is 19.1 Å². The Morgan fingerprint density at radius 2 is 2.10 bits per heavy atom. The van der Waals surface area contributed by atoms with E-state index in [1.165, 1.54) is 0 Å². The summed E-state index contributed by atoms with van der Waals surface area (Å²) in [5.74, 6) is -3.07. The molecule has 9 heteroatoms. The Hall–Kier alpha value is -0.810. The number of hydrogen-bond acceptors (Lipinski definition) is 7. The van der Waals surface area contributed by atoms with Gasteiger partial charge in [-0.3, -0.25) is 0 Å². The fraction of sp³-hybridized carbons (Fsp3) is 0.917. The van der Waals surface area contributed by atoms with Crippen LogP contribution >= 0.6 is 0 Å². The predicted molar refractivity (Wildman–Crippen MR) is 66.1 cm³/mol. The maximum absolute atomic E-state index is 10.5. The first-order valence-electron chi connectivity index (χ1n) is 7.04. The number of carbonyl (C=O) groups is 1. The minimum Gasteiger partial charge on any atom is -0.544 e. The zero-order chi connectivity index (χ0) is 16.0. The van der Waals surface area contributed by atoms with Gasteiger partial charge in [-0.05, 0) is 12.8 Å². The first kappa shape index (κ1) is 18.2. The summed E-state index contributed by atoms with van der Waals surface area (Å²) in [6.45, 7) is 0.348. The lowest BCUT2D eigenvalue weighted by Gasteiger charge is -2.40. The Kier molecular flexibility index (Phi) is 6.94. The molecule has 5 atom stereocenters. The van der Waals surface area contributed by atoms with Crippen LogP contribution in [0.15, 0.2) is 0 Å². The highest BCUT2D eigenvalue weighted by atomic mass is 16.6. The van der Waals surface area contributed by atoms with Crippen LogP contribution < -0.4 is 16.2 Å². The van der Waals surface area contributed by atoms with E-state index in [0.29, 0.717) is 25.8 Å². The molecule has 1 rings (SSSR count). The molecule has 1 heterocycles. The quantitative estimate of drug-likeness (QED) is 0.242. The van der Waals surface area contributed by atoms with Crippen LogP contribution in [0.3, 0.4) is 0 Å². The van der Waals surface area contributed by atoms with Crippen molar-refractivity contribution in [1.82, 2.24) is 0 Å². The van der Waals surface area contributed by atoms with Gasteiger partial charge in [0.25, 0.3) is 0 Å². The summed E-state index contributed by atoms with van der Waals surface area (Å²) in [7, 11) is 0. The number of rotatable bonds is 8. The molecule has 1 fully saturated rings. The van der Waals surface area contributed by atoms with Crippen molar-refractivity contribution >= 4 is 5.97 Å². The van der Waals surface area contributed by atoms with Crippen molar-refractivity contribution in [2.75, 3.05) is 19.7 Å². The van der Waals surface area contributed by atoms with Crippen molar-refractivity contribution in [2.45, 2.75) is 49.4 Å². The van der Waals surface area contributed by atoms with Crippen LogP contribution in [0.4, 0.5) is 0 Å². The van der Waals surface area contributed by atoms with E-state index >= 15 is 0 Å². The summed E-state index contributed by atoms with van der Waals surface area (Å²) in [6, 6.07) is -0.727. The molecule has 0 saturated carbocycles. The van der Waals surface area contributed by atoms with Crippen molar-refractivity contribution in [1.29, 1.82) is 0 Å². The summed E-state index contributed by atoms with van der Waals surface area (Å²) >= 11 is 0. The molecule has 0 bridgehead atoms. The number of carboxylic acid groups (broad SMARTS) is 1. The minimum atomic E-state index is -1.90. The first-order chi connectivity index (χ1) is 9.78. The maximum atomic E-state index is 10.5. The van der Waals surface area contributed by atoms with Gasteiger partial charge >= 0.3 is 0 Å². The van der Waals surface area contributed by atoms with Gasteiger partial charge in [-0.1, -0.05) is 0 Å². The van der Waals surface area contributed by atoms with Crippen molar-refractivity contribution in [3.63, 3.8) is 0 Å². The third-order valence-corrected chi connectivity index (χ3v) is 3.66. The van der Waals surface area contributed by atoms with E-state index < -0.39 is 36.1 Å². The molecular formula is C12H25N2O7+. The number of aliphatic carboxylic acids is 1. The zero-order valence-corrected chi connectivity index (χ0v) is 11.9. The van der Waals surface area contributed by atoms with Gasteiger partial charge in [-0.15, -0.1) is 0 Å². The van der Waals surface area contributed by atoms with Crippen LogP contribution in [0, 0.1) is 0 Å². The molecule has 1 aliphatic heterocycles. The normalized spacial score (nSPS) is 34.6. The van der Waals surface area contributed by atoms with E-state index in [-0.39, 0.29) is 13.2 Å². The molecule has 0 aliphatic carbocycles. The third kappa shape index (κ3) is 5.15. The molecule has 1 aliphatic rings. The zero-order valence-electron chi connectivity index (χ0n) is 11.9. The van der Waals surface area contributed by atoms with Crippen LogP contribution in [-0.4, -0.2) is 76.2 Å². The van der Waals surface area contributed by atoms with Crippen molar-refractivity contribution < 1.29 is 46.1 Å². The highest BCUT2D eigenvalue weighted by Gasteiger charge is 2.49. The molecule has 1 saturated heterocycles. The Balaban J connectivity index is 2.21. The van der Waals surface area contributed by atoms with Gasteiger partial charge in [0, 0.05) is 6.42 Å². The molecule has 0 spiro atoms. The minimum absolute atomic E-state index is 0.00619. The summed E-state index contributed by atoms with van der Waals surface area (Å²) in [6.07, 6.45) is -2.48. The lowest BCUT2D eigenvalue weighted by atomic mass is 9.97. The van der Waals surface area contributed by atoms with Gasteiger partial charge in [0.2, 0.25) is 5.79 Å². The van der Waals surface area contributed by atoms with Gasteiger partial charge < -0.3 is 46.1 Å². The molecular weight excluding hydrogens is 284 g/mol. The molecule has 0 aromatic carbocycles. The Morgan fingerprint density at radius 3 is 2.71 bits per heavy atom. The second kappa shape index (κ2) is 7.99. The summed E-state index contributed by atoms with van der Waals surface area (Å²) in [5.41, 5.74) is 3.45. The second-order valence-electron chi connectivity index (χ2n) is 5.45. The van der Waals surface area contributed by atoms with Crippen molar-refractivity contribution in [2.24, 2.45) is 0 Å². The summed E-state index contributed by atoms with van der Waals surface area (Å²) < 4.78 is 5.00. The van der Waals surface area contributed by atoms with Gasteiger partial charge in [-0.25, -0.2) is 0 Å². The van der Waals surface area contributed by atoms with Gasteiger partial charge in [0.15, 0.2) is 0 Å². The average Bonchev–Trinajstić information content (AvgIpc) is 2.44. The Bertz CT molecular complexity index is 344. The SMILES string of the molecule is [NH3+][C@@H](CCCC[NH2+]C[C@@]1(O)OC[C@@H](O)[C@@H](O)[C@@H]1O)C(=O)[O-]. The largest absolute Gasteiger partial charge is 0.544 e. The predicted octanol–water partition coefficient (Wildman–Crippen LogP) is -6.12. The highest BCUT2D eigenvalue weighted by Crippen LogP contribution is 2.22. The number of carbonyl (C=O) groups excluding carboxylic acids is 1. The third-order valence-electron chi connectivity index (χ3n) is 3.66.